The molecule has 0 aliphatic carbocycles. The van der Waals surface area contributed by atoms with Crippen LogP contribution in [0.25, 0.3) is 0 Å². The van der Waals surface area contributed by atoms with E-state index in [9.17, 15) is 9.59 Å². The topological polar surface area (TPSA) is 58.2 Å². The largest absolute Gasteiger partial charge is 0.340 e. The number of anilines is 1. The highest BCUT2D eigenvalue weighted by Gasteiger charge is 2.22. The Hall–Kier alpha value is -3.40. The van der Waals surface area contributed by atoms with Crippen LogP contribution >= 0.6 is 0 Å². The number of benzene rings is 3. The van der Waals surface area contributed by atoms with Gasteiger partial charge in [0.1, 0.15) is 6.04 Å². The molecule has 2 N–H and O–H groups in total. The van der Waals surface area contributed by atoms with Gasteiger partial charge in [-0.2, -0.15) is 0 Å². The van der Waals surface area contributed by atoms with Crippen molar-refractivity contribution in [2.45, 2.75) is 32.7 Å². The summed E-state index contributed by atoms with van der Waals surface area (Å²) in [6.45, 7) is 4.09. The highest BCUT2D eigenvalue weighted by molar-refractivity contribution is 6.01. The normalized spacial score (nSPS) is 11.5. The molecule has 1 atom stereocenters. The first-order valence-electron chi connectivity index (χ1n) is 9.87. The van der Waals surface area contributed by atoms with Crippen LogP contribution in [0.1, 0.15) is 34.0 Å². The number of aryl methyl sites for hydroxylation is 1. The Morgan fingerprint density at radius 2 is 1.52 bits per heavy atom. The van der Waals surface area contributed by atoms with Gasteiger partial charge < -0.3 is 10.6 Å². The molecule has 3 aromatic rings. The van der Waals surface area contributed by atoms with Gasteiger partial charge >= 0.3 is 0 Å². The summed E-state index contributed by atoms with van der Waals surface area (Å²) in [5, 5.41) is 5.91. The van der Waals surface area contributed by atoms with E-state index in [2.05, 4.69) is 23.6 Å². The second-order valence-corrected chi connectivity index (χ2v) is 7.01. The van der Waals surface area contributed by atoms with E-state index in [0.717, 1.165) is 23.2 Å². The maximum Gasteiger partial charge on any atom is 0.251 e. The van der Waals surface area contributed by atoms with Gasteiger partial charge in [0, 0.05) is 17.7 Å². The summed E-state index contributed by atoms with van der Waals surface area (Å²) < 4.78 is 0. The van der Waals surface area contributed by atoms with Gasteiger partial charge in [0.2, 0.25) is 5.91 Å². The zero-order valence-electron chi connectivity index (χ0n) is 16.8. The Morgan fingerprint density at radius 1 is 0.862 bits per heavy atom. The molecule has 0 aromatic heterocycles. The van der Waals surface area contributed by atoms with Gasteiger partial charge in [-0.05, 0) is 48.2 Å². The maximum absolute atomic E-state index is 13.1. The van der Waals surface area contributed by atoms with Crippen molar-refractivity contribution in [3.8, 4) is 0 Å². The molecule has 0 fully saturated rings. The minimum atomic E-state index is -0.685. The van der Waals surface area contributed by atoms with Crippen molar-refractivity contribution in [1.29, 1.82) is 0 Å². The molecule has 148 valence electrons. The van der Waals surface area contributed by atoms with E-state index in [1.54, 1.807) is 24.3 Å². The summed E-state index contributed by atoms with van der Waals surface area (Å²) in [4.78, 5) is 25.8. The van der Waals surface area contributed by atoms with Crippen molar-refractivity contribution in [1.82, 2.24) is 5.32 Å². The molecule has 0 saturated carbocycles. The molecule has 2 amide bonds. The summed E-state index contributed by atoms with van der Waals surface area (Å²) in [5.41, 5.74) is 4.54. The van der Waals surface area contributed by atoms with Gasteiger partial charge in [-0.25, -0.2) is 0 Å². The summed E-state index contributed by atoms with van der Waals surface area (Å²) in [6, 6.07) is 23.9. The van der Waals surface area contributed by atoms with Crippen molar-refractivity contribution < 1.29 is 9.59 Å². The average molecular weight is 386 g/mol. The fourth-order valence-corrected chi connectivity index (χ4v) is 3.31. The van der Waals surface area contributed by atoms with Crippen LogP contribution in [0.4, 0.5) is 5.69 Å². The third-order valence-electron chi connectivity index (χ3n) is 5.03. The first-order valence-corrected chi connectivity index (χ1v) is 9.87. The second-order valence-electron chi connectivity index (χ2n) is 7.01. The quantitative estimate of drug-likeness (QED) is 0.626. The van der Waals surface area contributed by atoms with Crippen molar-refractivity contribution in [3.63, 3.8) is 0 Å². The Morgan fingerprint density at radius 3 is 2.17 bits per heavy atom. The Kier molecular flexibility index (Phi) is 6.80. The molecule has 1 unspecified atom stereocenters. The number of rotatable bonds is 7. The lowest BCUT2D eigenvalue weighted by atomic mass is 10.0. The molecule has 0 aliphatic heterocycles. The first kappa shape index (κ1) is 20.3. The molecular formula is C25H26N2O2. The van der Waals surface area contributed by atoms with E-state index in [1.807, 2.05) is 55.5 Å². The number of hydrogen-bond donors (Lipinski definition) is 2. The molecule has 4 nitrogen and oxygen atoms in total. The van der Waals surface area contributed by atoms with Crippen LogP contribution in [-0.4, -0.2) is 17.9 Å². The van der Waals surface area contributed by atoms with Crippen molar-refractivity contribution in [2.24, 2.45) is 0 Å². The summed E-state index contributed by atoms with van der Waals surface area (Å²) in [6.07, 6.45) is 1.31. The van der Waals surface area contributed by atoms with Gasteiger partial charge in [0.15, 0.2) is 0 Å². The first-order chi connectivity index (χ1) is 14.1. The van der Waals surface area contributed by atoms with Crippen LogP contribution in [0.2, 0.25) is 0 Å². The lowest BCUT2D eigenvalue weighted by Gasteiger charge is -2.20. The monoisotopic (exact) mass is 386 g/mol. The molecule has 0 saturated heterocycles. The molecule has 0 bridgehead atoms. The molecular weight excluding hydrogens is 360 g/mol. The number of amides is 2. The van der Waals surface area contributed by atoms with Crippen LogP contribution in [-0.2, 0) is 17.6 Å². The van der Waals surface area contributed by atoms with Crippen LogP contribution in [0.3, 0.4) is 0 Å². The Labute approximate surface area is 172 Å². The zero-order valence-corrected chi connectivity index (χ0v) is 16.8. The van der Waals surface area contributed by atoms with E-state index >= 15 is 0 Å². The van der Waals surface area contributed by atoms with Crippen molar-refractivity contribution in [2.75, 3.05) is 5.32 Å². The molecule has 0 spiro atoms. The summed E-state index contributed by atoms with van der Waals surface area (Å²) in [7, 11) is 0. The van der Waals surface area contributed by atoms with Crippen LogP contribution in [0.15, 0.2) is 78.9 Å². The van der Waals surface area contributed by atoms with Crippen LogP contribution in [0, 0.1) is 6.92 Å². The van der Waals surface area contributed by atoms with E-state index in [1.165, 1.54) is 5.56 Å². The SMILES string of the molecule is CCc1cccc(NC(=O)C(Cc2ccccc2)NC(=O)c2ccccc2)c1C. The molecule has 0 aliphatic rings. The molecule has 0 heterocycles. The predicted molar refractivity (Wildman–Crippen MR) is 117 cm³/mol. The molecule has 3 rings (SSSR count). The summed E-state index contributed by atoms with van der Waals surface area (Å²) >= 11 is 0. The second kappa shape index (κ2) is 9.69. The number of carbonyl (C=O) groups is 2. The minimum Gasteiger partial charge on any atom is -0.340 e. The highest BCUT2D eigenvalue weighted by Crippen LogP contribution is 2.20. The number of carbonyl (C=O) groups excluding carboxylic acids is 2. The van der Waals surface area contributed by atoms with E-state index in [4.69, 9.17) is 0 Å². The van der Waals surface area contributed by atoms with E-state index in [-0.39, 0.29) is 11.8 Å². The lowest BCUT2D eigenvalue weighted by molar-refractivity contribution is -0.118. The lowest BCUT2D eigenvalue weighted by Crippen LogP contribution is -2.45. The van der Waals surface area contributed by atoms with Gasteiger partial charge in [-0.3, -0.25) is 9.59 Å². The fraction of sp³-hybridized carbons (Fsp3) is 0.200. The van der Waals surface area contributed by atoms with Crippen LogP contribution in [0.5, 0.6) is 0 Å². The number of nitrogens with one attached hydrogen (secondary N) is 2. The smallest absolute Gasteiger partial charge is 0.251 e. The third-order valence-corrected chi connectivity index (χ3v) is 5.03. The molecule has 29 heavy (non-hydrogen) atoms. The average Bonchev–Trinajstić information content (AvgIpc) is 2.76. The standard InChI is InChI=1S/C25H26N2O2/c1-3-20-15-10-16-22(18(20)2)26-25(29)23(17-19-11-6-4-7-12-19)27-24(28)21-13-8-5-9-14-21/h4-16,23H,3,17H2,1-2H3,(H,26,29)(H,27,28). The van der Waals surface area contributed by atoms with Crippen molar-refractivity contribution >= 4 is 17.5 Å². The maximum atomic E-state index is 13.1. The molecule has 0 radical (unpaired) electrons. The molecule has 4 heteroatoms. The highest BCUT2D eigenvalue weighted by atomic mass is 16.2. The predicted octanol–water partition coefficient (Wildman–Crippen LogP) is 4.54. The molecule has 3 aromatic carbocycles. The fourth-order valence-electron chi connectivity index (χ4n) is 3.31. The van der Waals surface area contributed by atoms with E-state index in [0.29, 0.717) is 12.0 Å². The van der Waals surface area contributed by atoms with Gasteiger partial charge in [0.25, 0.3) is 5.91 Å². The number of hydrogen-bond acceptors (Lipinski definition) is 2. The third kappa shape index (κ3) is 5.32. The van der Waals surface area contributed by atoms with Gasteiger partial charge in [0.05, 0.1) is 0 Å². The van der Waals surface area contributed by atoms with Crippen molar-refractivity contribution in [3.05, 3.63) is 101 Å². The van der Waals surface area contributed by atoms with E-state index < -0.39 is 6.04 Å². The Balaban J connectivity index is 1.82. The zero-order chi connectivity index (χ0) is 20.6. The van der Waals surface area contributed by atoms with Gasteiger partial charge in [-0.1, -0.05) is 67.6 Å². The van der Waals surface area contributed by atoms with Gasteiger partial charge in [-0.15, -0.1) is 0 Å². The minimum absolute atomic E-state index is 0.227. The van der Waals surface area contributed by atoms with Crippen LogP contribution < -0.4 is 10.6 Å². The Bertz CT molecular complexity index is 969. The summed E-state index contributed by atoms with van der Waals surface area (Å²) in [5.74, 6) is -0.491.